The van der Waals surface area contributed by atoms with E-state index in [1.165, 1.54) is 12.5 Å². The van der Waals surface area contributed by atoms with Gasteiger partial charge in [-0.2, -0.15) is 0 Å². The Balaban J connectivity index is 1.87. The number of rotatable bonds is 10. The van der Waals surface area contributed by atoms with Gasteiger partial charge in [0.15, 0.2) is 6.10 Å². The summed E-state index contributed by atoms with van der Waals surface area (Å²) in [5, 5.41) is 8.97. The molecule has 0 aromatic heterocycles. The average molecular weight is 389 g/mol. The largest absolute Gasteiger partial charge is 0.493 e. The van der Waals surface area contributed by atoms with Gasteiger partial charge in [0.2, 0.25) is 0 Å². The van der Waals surface area contributed by atoms with E-state index in [9.17, 15) is 4.79 Å². The Labute approximate surface area is 165 Å². The smallest absolute Gasteiger partial charge is 0.344 e. The Hall–Kier alpha value is -2.14. The zero-order valence-corrected chi connectivity index (χ0v) is 17.2. The number of hydrogen-bond donors (Lipinski definition) is 1. The fourth-order valence-corrected chi connectivity index (χ4v) is 3.62. The molecule has 1 N–H and O–H groups in total. The molecule has 146 valence electrons. The molecule has 2 rings (SSSR count). The van der Waals surface area contributed by atoms with Crippen molar-refractivity contribution >= 4 is 17.7 Å². The lowest BCUT2D eigenvalue weighted by molar-refractivity contribution is -0.144. The zero-order chi connectivity index (χ0) is 19.8. The highest BCUT2D eigenvalue weighted by Gasteiger charge is 2.14. The monoisotopic (exact) mass is 388 g/mol. The normalized spacial score (nSPS) is 13.0. The van der Waals surface area contributed by atoms with E-state index in [0.717, 1.165) is 28.4 Å². The minimum absolute atomic E-state index is 0.458. The molecule has 4 nitrogen and oxygen atoms in total. The van der Waals surface area contributed by atoms with Gasteiger partial charge >= 0.3 is 5.97 Å². The van der Waals surface area contributed by atoms with Gasteiger partial charge in [-0.05, 0) is 63.1 Å². The maximum atomic E-state index is 10.9. The van der Waals surface area contributed by atoms with Crippen molar-refractivity contribution in [3.05, 3.63) is 53.6 Å². The lowest BCUT2D eigenvalue weighted by Gasteiger charge is -2.17. The molecule has 0 aliphatic heterocycles. The molecule has 2 unspecified atom stereocenters. The van der Waals surface area contributed by atoms with Crippen LogP contribution in [0.3, 0.4) is 0 Å². The van der Waals surface area contributed by atoms with Gasteiger partial charge < -0.3 is 14.6 Å². The van der Waals surface area contributed by atoms with Crippen molar-refractivity contribution in [2.45, 2.75) is 45.1 Å². The molecule has 27 heavy (non-hydrogen) atoms. The lowest BCUT2D eigenvalue weighted by atomic mass is 10.1. The molecule has 2 aromatic rings. The molecule has 0 spiro atoms. The van der Waals surface area contributed by atoms with Crippen LogP contribution in [-0.2, 0) is 4.79 Å². The van der Waals surface area contributed by atoms with Crippen LogP contribution in [0.4, 0.5) is 0 Å². The van der Waals surface area contributed by atoms with Crippen LogP contribution in [0.5, 0.6) is 11.5 Å². The van der Waals surface area contributed by atoms with Crippen molar-refractivity contribution in [1.29, 1.82) is 0 Å². The number of hydrogen-bond acceptors (Lipinski definition) is 4. The summed E-state index contributed by atoms with van der Waals surface area (Å²) in [6.07, 6.45) is 0.195. The predicted molar refractivity (Wildman–Crippen MR) is 110 cm³/mol. The van der Waals surface area contributed by atoms with Crippen molar-refractivity contribution in [2.75, 3.05) is 12.4 Å². The van der Waals surface area contributed by atoms with Gasteiger partial charge in [0.1, 0.15) is 11.5 Å². The third kappa shape index (κ3) is 6.83. The average Bonchev–Trinajstić information content (AvgIpc) is 2.65. The maximum Gasteiger partial charge on any atom is 0.344 e. The SMILES string of the molecule is CCC(COc1ccc(C)cc1)CSc1ccc(OC(C)C(=O)O)c(C)c1. The van der Waals surface area contributed by atoms with Crippen LogP contribution in [0.15, 0.2) is 47.4 Å². The summed E-state index contributed by atoms with van der Waals surface area (Å²) in [7, 11) is 0. The molecule has 0 saturated carbocycles. The summed E-state index contributed by atoms with van der Waals surface area (Å²) in [5.74, 6) is 1.98. The topological polar surface area (TPSA) is 55.8 Å². The van der Waals surface area contributed by atoms with Crippen LogP contribution >= 0.6 is 11.8 Å². The van der Waals surface area contributed by atoms with Crippen molar-refractivity contribution in [3.8, 4) is 11.5 Å². The van der Waals surface area contributed by atoms with Crippen LogP contribution in [-0.4, -0.2) is 29.5 Å². The molecule has 0 amide bonds. The molecule has 0 fully saturated rings. The highest BCUT2D eigenvalue weighted by atomic mass is 32.2. The number of carboxylic acid groups (broad SMARTS) is 1. The molecular formula is C22H28O4S. The third-order valence-electron chi connectivity index (χ3n) is 4.37. The van der Waals surface area contributed by atoms with E-state index in [1.807, 2.05) is 37.3 Å². The van der Waals surface area contributed by atoms with Crippen LogP contribution in [0, 0.1) is 19.8 Å². The van der Waals surface area contributed by atoms with E-state index in [2.05, 4.69) is 26.0 Å². The molecule has 0 heterocycles. The number of aliphatic carboxylic acids is 1. The predicted octanol–water partition coefficient (Wildman–Crippen LogP) is 5.35. The third-order valence-corrected chi connectivity index (χ3v) is 5.59. The Kier molecular flexibility index (Phi) is 8.04. The summed E-state index contributed by atoms with van der Waals surface area (Å²) in [5.41, 5.74) is 2.17. The van der Waals surface area contributed by atoms with Gasteiger partial charge in [-0.3, -0.25) is 0 Å². The lowest BCUT2D eigenvalue weighted by Crippen LogP contribution is -2.23. The van der Waals surface area contributed by atoms with Gasteiger partial charge in [-0.1, -0.05) is 24.6 Å². The van der Waals surface area contributed by atoms with Crippen LogP contribution in [0.2, 0.25) is 0 Å². The van der Waals surface area contributed by atoms with Gasteiger partial charge in [0, 0.05) is 16.6 Å². The van der Waals surface area contributed by atoms with Crippen molar-refractivity contribution in [2.24, 2.45) is 5.92 Å². The second-order valence-electron chi connectivity index (χ2n) is 6.73. The van der Waals surface area contributed by atoms with E-state index in [0.29, 0.717) is 18.3 Å². The fraction of sp³-hybridized carbons (Fsp3) is 0.409. The Bertz CT molecular complexity index is 742. The number of benzene rings is 2. The van der Waals surface area contributed by atoms with Crippen molar-refractivity contribution in [3.63, 3.8) is 0 Å². The quantitative estimate of drug-likeness (QED) is 0.556. The van der Waals surface area contributed by atoms with Gasteiger partial charge in [0.05, 0.1) is 6.61 Å². The second kappa shape index (κ2) is 10.3. The van der Waals surface area contributed by atoms with Crippen LogP contribution < -0.4 is 9.47 Å². The molecular weight excluding hydrogens is 360 g/mol. The maximum absolute atomic E-state index is 10.9. The van der Waals surface area contributed by atoms with Crippen molar-refractivity contribution in [1.82, 2.24) is 0 Å². The Morgan fingerprint density at radius 1 is 1.15 bits per heavy atom. The number of thioether (sulfide) groups is 1. The van der Waals surface area contributed by atoms with E-state index >= 15 is 0 Å². The molecule has 0 radical (unpaired) electrons. The number of aryl methyl sites for hydroxylation is 2. The van der Waals surface area contributed by atoms with Crippen LogP contribution in [0.1, 0.15) is 31.4 Å². The molecule has 0 aliphatic rings. The minimum Gasteiger partial charge on any atom is -0.493 e. The zero-order valence-electron chi connectivity index (χ0n) is 16.4. The molecule has 0 saturated heterocycles. The summed E-state index contributed by atoms with van der Waals surface area (Å²) >= 11 is 1.79. The summed E-state index contributed by atoms with van der Waals surface area (Å²) in [6.45, 7) is 8.41. The molecule has 2 atom stereocenters. The van der Waals surface area contributed by atoms with Gasteiger partial charge in [-0.25, -0.2) is 4.79 Å². The highest BCUT2D eigenvalue weighted by molar-refractivity contribution is 7.99. The molecule has 0 aliphatic carbocycles. The van der Waals surface area contributed by atoms with E-state index < -0.39 is 12.1 Å². The standard InChI is InChI=1S/C22H28O4S/c1-5-18(13-25-19-8-6-15(2)7-9-19)14-27-20-10-11-21(16(3)12-20)26-17(4)22(23)24/h6-12,17-18H,5,13-14H2,1-4H3,(H,23,24). The Morgan fingerprint density at radius 3 is 2.44 bits per heavy atom. The number of ether oxygens (including phenoxy) is 2. The fourth-order valence-electron chi connectivity index (χ4n) is 2.43. The highest BCUT2D eigenvalue weighted by Crippen LogP contribution is 2.28. The molecule has 5 heteroatoms. The second-order valence-corrected chi connectivity index (χ2v) is 7.83. The first-order valence-corrected chi connectivity index (χ1v) is 10.2. The summed E-state index contributed by atoms with van der Waals surface area (Å²) in [6, 6.07) is 14.0. The Morgan fingerprint density at radius 2 is 1.85 bits per heavy atom. The van der Waals surface area contributed by atoms with E-state index in [4.69, 9.17) is 14.6 Å². The number of carbonyl (C=O) groups is 1. The first-order valence-electron chi connectivity index (χ1n) is 9.21. The molecule has 0 bridgehead atoms. The summed E-state index contributed by atoms with van der Waals surface area (Å²) in [4.78, 5) is 12.1. The van der Waals surface area contributed by atoms with Crippen LogP contribution in [0.25, 0.3) is 0 Å². The molecule has 2 aromatic carbocycles. The number of carboxylic acids is 1. The van der Waals surface area contributed by atoms with Gasteiger partial charge in [-0.15, -0.1) is 11.8 Å². The first-order chi connectivity index (χ1) is 12.9. The van der Waals surface area contributed by atoms with Crippen molar-refractivity contribution < 1.29 is 19.4 Å². The van der Waals surface area contributed by atoms with E-state index in [-0.39, 0.29) is 0 Å². The van der Waals surface area contributed by atoms with Gasteiger partial charge in [0.25, 0.3) is 0 Å². The first kappa shape index (κ1) is 21.2. The van der Waals surface area contributed by atoms with E-state index in [1.54, 1.807) is 11.8 Å². The minimum atomic E-state index is -0.966. The summed E-state index contributed by atoms with van der Waals surface area (Å²) < 4.78 is 11.4.